The summed E-state index contributed by atoms with van der Waals surface area (Å²) in [5, 5.41) is 6.43. The highest BCUT2D eigenvalue weighted by atomic mass is 16.2. The van der Waals surface area contributed by atoms with E-state index in [2.05, 4.69) is 27.4 Å². The summed E-state index contributed by atoms with van der Waals surface area (Å²) < 4.78 is 0. The minimum atomic E-state index is -0.0379. The molecule has 0 bridgehead atoms. The fourth-order valence-corrected chi connectivity index (χ4v) is 4.40. The molecule has 3 fully saturated rings. The van der Waals surface area contributed by atoms with E-state index in [1.807, 2.05) is 11.8 Å². The summed E-state index contributed by atoms with van der Waals surface area (Å²) >= 11 is 0. The van der Waals surface area contributed by atoms with Crippen molar-refractivity contribution in [2.45, 2.75) is 58.4 Å². The number of amides is 2. The van der Waals surface area contributed by atoms with Crippen LogP contribution in [0.3, 0.4) is 0 Å². The molecule has 0 radical (unpaired) electrons. The van der Waals surface area contributed by atoms with Crippen LogP contribution in [0, 0.1) is 5.92 Å². The third-order valence-corrected chi connectivity index (χ3v) is 6.64. The molecule has 0 aromatic heterocycles. The van der Waals surface area contributed by atoms with Crippen LogP contribution >= 0.6 is 0 Å². The summed E-state index contributed by atoms with van der Waals surface area (Å²) in [5.74, 6) is 1.69. The molecule has 2 saturated heterocycles. The summed E-state index contributed by atoms with van der Waals surface area (Å²) in [7, 11) is 0. The Morgan fingerprint density at radius 1 is 0.967 bits per heavy atom. The van der Waals surface area contributed by atoms with Gasteiger partial charge in [-0.3, -0.25) is 19.5 Å². The lowest BCUT2D eigenvalue weighted by Crippen LogP contribution is -2.57. The van der Waals surface area contributed by atoms with Crippen LogP contribution < -0.4 is 10.6 Å². The Labute approximate surface area is 181 Å². The maximum atomic E-state index is 12.7. The van der Waals surface area contributed by atoms with Crippen molar-refractivity contribution in [3.63, 3.8) is 0 Å². The second-order valence-electron chi connectivity index (χ2n) is 8.74. The number of nitrogens with one attached hydrogen (secondary N) is 2. The van der Waals surface area contributed by atoms with Crippen LogP contribution in [0.15, 0.2) is 4.99 Å². The van der Waals surface area contributed by atoms with Crippen molar-refractivity contribution in [2.75, 3.05) is 58.9 Å². The minimum absolute atomic E-state index is 0.0379. The molecule has 170 valence electrons. The Morgan fingerprint density at radius 3 is 2.27 bits per heavy atom. The van der Waals surface area contributed by atoms with Gasteiger partial charge in [0.25, 0.3) is 0 Å². The van der Waals surface area contributed by atoms with Crippen molar-refractivity contribution in [3.8, 4) is 0 Å². The molecule has 8 heteroatoms. The molecule has 0 spiro atoms. The molecule has 1 atom stereocenters. The Morgan fingerprint density at radius 2 is 1.67 bits per heavy atom. The van der Waals surface area contributed by atoms with E-state index in [9.17, 15) is 9.59 Å². The van der Waals surface area contributed by atoms with Crippen LogP contribution in [-0.4, -0.2) is 97.4 Å². The zero-order chi connectivity index (χ0) is 21.3. The lowest BCUT2D eigenvalue weighted by molar-refractivity contribution is -0.135. The maximum absolute atomic E-state index is 12.7. The second kappa shape index (κ2) is 11.5. The molecule has 30 heavy (non-hydrogen) atoms. The maximum Gasteiger partial charge on any atom is 0.239 e. The molecular weight excluding hydrogens is 380 g/mol. The van der Waals surface area contributed by atoms with E-state index in [1.54, 1.807) is 0 Å². The number of aliphatic imine (C=N–C) groups is 1. The number of hydrogen-bond acceptors (Lipinski definition) is 4. The normalized spacial score (nSPS) is 22.0. The van der Waals surface area contributed by atoms with Gasteiger partial charge in [0, 0.05) is 64.8 Å². The van der Waals surface area contributed by atoms with E-state index >= 15 is 0 Å². The number of nitrogens with zero attached hydrogens (tertiary/aromatic N) is 4. The van der Waals surface area contributed by atoms with Gasteiger partial charge in [0.2, 0.25) is 11.8 Å². The quantitative estimate of drug-likeness (QED) is 0.346. The number of hydrogen-bond donors (Lipinski definition) is 2. The first kappa shape index (κ1) is 22.8. The molecule has 1 aliphatic carbocycles. The summed E-state index contributed by atoms with van der Waals surface area (Å²) in [6.45, 7) is 11.7. The fourth-order valence-electron chi connectivity index (χ4n) is 4.40. The van der Waals surface area contributed by atoms with Gasteiger partial charge >= 0.3 is 0 Å². The van der Waals surface area contributed by atoms with Crippen molar-refractivity contribution in [1.82, 2.24) is 25.3 Å². The topological polar surface area (TPSA) is 80.3 Å². The van der Waals surface area contributed by atoms with Crippen LogP contribution in [0.5, 0.6) is 0 Å². The van der Waals surface area contributed by atoms with E-state index in [0.717, 1.165) is 83.9 Å². The molecule has 1 saturated carbocycles. The fraction of sp³-hybridized carbons (Fsp3) is 0.864. The smallest absolute Gasteiger partial charge is 0.239 e. The van der Waals surface area contributed by atoms with E-state index in [-0.39, 0.29) is 23.8 Å². The first-order chi connectivity index (χ1) is 14.6. The molecular formula is C22H40N6O2. The SMILES string of the molecule is CCNC(=NCCCNC(=O)C1CCC1)N1CCN(C(C)C(=O)N2CCCC2)CC1. The Balaban J connectivity index is 1.39. The van der Waals surface area contributed by atoms with E-state index in [0.29, 0.717) is 13.1 Å². The molecule has 2 heterocycles. The Kier molecular flexibility index (Phi) is 8.78. The van der Waals surface area contributed by atoms with Crippen LogP contribution in [0.25, 0.3) is 0 Å². The van der Waals surface area contributed by atoms with Crippen LogP contribution in [0.1, 0.15) is 52.4 Å². The molecule has 0 aromatic carbocycles. The third kappa shape index (κ3) is 6.09. The molecule has 2 aliphatic heterocycles. The predicted octanol–water partition coefficient (Wildman–Crippen LogP) is 0.887. The molecule has 2 N–H and O–H groups in total. The summed E-state index contributed by atoms with van der Waals surface area (Å²) in [4.78, 5) is 36.0. The monoisotopic (exact) mass is 420 g/mol. The number of piperazine rings is 1. The lowest BCUT2D eigenvalue weighted by atomic mass is 9.85. The zero-order valence-electron chi connectivity index (χ0n) is 18.9. The average Bonchev–Trinajstić information content (AvgIpc) is 3.25. The van der Waals surface area contributed by atoms with Gasteiger partial charge in [0.15, 0.2) is 5.96 Å². The largest absolute Gasteiger partial charge is 0.357 e. The van der Waals surface area contributed by atoms with Gasteiger partial charge < -0.3 is 20.4 Å². The summed E-state index contributed by atoms with van der Waals surface area (Å²) in [5.41, 5.74) is 0. The van der Waals surface area contributed by atoms with Gasteiger partial charge in [-0.15, -0.1) is 0 Å². The van der Waals surface area contributed by atoms with Gasteiger partial charge in [-0.05, 0) is 46.0 Å². The van der Waals surface area contributed by atoms with Crippen LogP contribution in [-0.2, 0) is 9.59 Å². The van der Waals surface area contributed by atoms with Gasteiger partial charge in [0.1, 0.15) is 0 Å². The summed E-state index contributed by atoms with van der Waals surface area (Å²) in [6.07, 6.45) is 6.41. The lowest BCUT2D eigenvalue weighted by Gasteiger charge is -2.39. The molecule has 8 nitrogen and oxygen atoms in total. The van der Waals surface area contributed by atoms with Crippen molar-refractivity contribution >= 4 is 17.8 Å². The van der Waals surface area contributed by atoms with Gasteiger partial charge in [-0.1, -0.05) is 6.42 Å². The first-order valence-electron chi connectivity index (χ1n) is 11.9. The summed E-state index contributed by atoms with van der Waals surface area (Å²) in [6, 6.07) is -0.0379. The highest BCUT2D eigenvalue weighted by Crippen LogP contribution is 2.26. The number of rotatable bonds is 8. The van der Waals surface area contributed by atoms with Crippen molar-refractivity contribution in [2.24, 2.45) is 10.9 Å². The average molecular weight is 421 g/mol. The zero-order valence-corrected chi connectivity index (χ0v) is 18.9. The van der Waals surface area contributed by atoms with Crippen molar-refractivity contribution in [1.29, 1.82) is 0 Å². The number of likely N-dealkylation sites (tertiary alicyclic amines) is 1. The molecule has 2 amide bonds. The van der Waals surface area contributed by atoms with Crippen LogP contribution in [0.4, 0.5) is 0 Å². The van der Waals surface area contributed by atoms with Gasteiger partial charge in [-0.2, -0.15) is 0 Å². The Hall–Kier alpha value is -1.83. The van der Waals surface area contributed by atoms with E-state index in [4.69, 9.17) is 4.99 Å². The minimum Gasteiger partial charge on any atom is -0.357 e. The molecule has 0 aromatic rings. The van der Waals surface area contributed by atoms with Crippen molar-refractivity contribution < 1.29 is 9.59 Å². The van der Waals surface area contributed by atoms with Crippen LogP contribution in [0.2, 0.25) is 0 Å². The van der Waals surface area contributed by atoms with E-state index < -0.39 is 0 Å². The number of carbonyl (C=O) groups excluding carboxylic acids is 2. The van der Waals surface area contributed by atoms with E-state index in [1.165, 1.54) is 6.42 Å². The first-order valence-corrected chi connectivity index (χ1v) is 11.9. The number of carbonyl (C=O) groups is 2. The molecule has 3 rings (SSSR count). The highest BCUT2D eigenvalue weighted by Gasteiger charge is 2.30. The highest BCUT2D eigenvalue weighted by molar-refractivity contribution is 5.82. The predicted molar refractivity (Wildman–Crippen MR) is 119 cm³/mol. The standard InChI is InChI=1S/C22H40N6O2/c1-3-23-22(25-11-7-10-24-20(29)19-8-6-9-19)28-16-14-26(15-17-28)18(2)21(30)27-12-4-5-13-27/h18-19H,3-17H2,1-2H3,(H,23,25)(H,24,29). The molecule has 1 unspecified atom stereocenters. The Bertz CT molecular complexity index is 592. The van der Waals surface area contributed by atoms with Gasteiger partial charge in [0.05, 0.1) is 6.04 Å². The van der Waals surface area contributed by atoms with Gasteiger partial charge in [-0.25, -0.2) is 0 Å². The second-order valence-corrected chi connectivity index (χ2v) is 8.74. The molecule has 3 aliphatic rings. The van der Waals surface area contributed by atoms with Crippen molar-refractivity contribution in [3.05, 3.63) is 0 Å². The number of guanidine groups is 1. The third-order valence-electron chi connectivity index (χ3n) is 6.64.